The summed E-state index contributed by atoms with van der Waals surface area (Å²) >= 11 is 11.9. The number of ether oxygens (including phenoxy) is 1. The van der Waals surface area contributed by atoms with Crippen LogP contribution in [-0.4, -0.2) is 17.3 Å². The molecule has 0 bridgehead atoms. The Hall–Kier alpha value is -1.06. The van der Waals surface area contributed by atoms with Crippen molar-refractivity contribution in [2.75, 3.05) is 0 Å². The first-order chi connectivity index (χ1) is 10.1. The molecule has 5 heteroatoms. The van der Waals surface area contributed by atoms with Crippen molar-refractivity contribution in [3.05, 3.63) is 33.8 Å². The largest absolute Gasteiger partial charge is 0.453 e. The number of carbonyl (C=O) groups is 1. The van der Waals surface area contributed by atoms with Crippen LogP contribution in [0.25, 0.3) is 0 Å². The zero-order valence-electron chi connectivity index (χ0n) is 11.7. The molecule has 0 aromatic heterocycles. The van der Waals surface area contributed by atoms with Crippen LogP contribution in [-0.2, 0) is 16.1 Å². The Bertz CT molecular complexity index is 592. The minimum Gasteiger partial charge on any atom is -0.453 e. The van der Waals surface area contributed by atoms with Crippen LogP contribution in [0.4, 0.5) is 0 Å². The molecule has 1 saturated heterocycles. The summed E-state index contributed by atoms with van der Waals surface area (Å²) in [6.07, 6.45) is 5.52. The maximum Gasteiger partial charge on any atom is 0.312 e. The minimum absolute atomic E-state index is 0.148. The van der Waals surface area contributed by atoms with Gasteiger partial charge in [-0.15, -0.1) is 0 Å². The summed E-state index contributed by atoms with van der Waals surface area (Å²) in [5.41, 5.74) is 1.46. The standard InChI is InChI=1S/C16H17Cl2NO2/c17-12-5-4-11(8-13(12)18)10-19-14-9-15(20)21-16(14)6-2-1-3-7-16/h4-5,8H,1-3,6-7,9-10H2. The van der Waals surface area contributed by atoms with Crippen LogP contribution >= 0.6 is 23.2 Å². The van der Waals surface area contributed by atoms with Gasteiger partial charge in [0.1, 0.15) is 0 Å². The van der Waals surface area contributed by atoms with Gasteiger partial charge in [0.25, 0.3) is 0 Å². The fraction of sp³-hybridized carbons (Fsp3) is 0.500. The zero-order chi connectivity index (χ0) is 14.9. The number of aliphatic imine (C=N–C) groups is 1. The van der Waals surface area contributed by atoms with Gasteiger partial charge in [-0.1, -0.05) is 35.7 Å². The second-order valence-electron chi connectivity index (χ2n) is 5.72. The van der Waals surface area contributed by atoms with E-state index in [0.717, 1.165) is 37.0 Å². The van der Waals surface area contributed by atoms with E-state index >= 15 is 0 Å². The molecule has 3 rings (SSSR count). The Morgan fingerprint density at radius 2 is 1.90 bits per heavy atom. The summed E-state index contributed by atoms with van der Waals surface area (Å²) in [6, 6.07) is 5.49. The van der Waals surface area contributed by atoms with E-state index in [1.54, 1.807) is 6.07 Å². The van der Waals surface area contributed by atoms with Crippen molar-refractivity contribution in [1.29, 1.82) is 0 Å². The van der Waals surface area contributed by atoms with Crippen LogP contribution in [0.3, 0.4) is 0 Å². The molecule has 3 nitrogen and oxygen atoms in total. The van der Waals surface area contributed by atoms with E-state index in [4.69, 9.17) is 27.9 Å². The third-order valence-corrected chi connectivity index (χ3v) is 4.98. The van der Waals surface area contributed by atoms with E-state index in [1.165, 1.54) is 6.42 Å². The molecule has 0 unspecified atom stereocenters. The molecule has 2 aliphatic rings. The normalized spacial score (nSPS) is 22.8. The molecule has 1 aromatic rings. The van der Waals surface area contributed by atoms with E-state index in [1.807, 2.05) is 12.1 Å². The Morgan fingerprint density at radius 1 is 1.14 bits per heavy atom. The van der Waals surface area contributed by atoms with E-state index in [9.17, 15) is 4.79 Å². The molecule has 1 aliphatic carbocycles. The predicted octanol–water partition coefficient (Wildman–Crippen LogP) is 4.58. The van der Waals surface area contributed by atoms with Crippen molar-refractivity contribution < 1.29 is 9.53 Å². The van der Waals surface area contributed by atoms with Gasteiger partial charge in [-0.05, 0) is 43.4 Å². The van der Waals surface area contributed by atoms with Crippen LogP contribution in [0.15, 0.2) is 23.2 Å². The molecule has 1 aromatic carbocycles. The summed E-state index contributed by atoms with van der Waals surface area (Å²) in [7, 11) is 0. The number of hydrogen-bond donors (Lipinski definition) is 0. The van der Waals surface area contributed by atoms with Gasteiger partial charge in [0.05, 0.1) is 28.7 Å². The highest BCUT2D eigenvalue weighted by Crippen LogP contribution is 2.38. The lowest BCUT2D eigenvalue weighted by Crippen LogP contribution is -2.38. The molecule has 21 heavy (non-hydrogen) atoms. The van der Waals surface area contributed by atoms with E-state index in [-0.39, 0.29) is 5.97 Å². The number of benzene rings is 1. The smallest absolute Gasteiger partial charge is 0.312 e. The molecule has 0 N–H and O–H groups in total. The van der Waals surface area contributed by atoms with Gasteiger partial charge in [0.15, 0.2) is 5.60 Å². The molecule has 1 spiro atoms. The maximum atomic E-state index is 11.7. The average molecular weight is 326 g/mol. The number of carbonyl (C=O) groups excluding carboxylic acids is 1. The number of nitrogens with zero attached hydrogens (tertiary/aromatic N) is 1. The Morgan fingerprint density at radius 3 is 2.62 bits per heavy atom. The van der Waals surface area contributed by atoms with Gasteiger partial charge in [0.2, 0.25) is 0 Å². The highest BCUT2D eigenvalue weighted by Gasteiger charge is 2.46. The van der Waals surface area contributed by atoms with E-state index in [2.05, 4.69) is 4.99 Å². The molecule has 1 heterocycles. The highest BCUT2D eigenvalue weighted by molar-refractivity contribution is 6.42. The maximum absolute atomic E-state index is 11.7. The Labute approximate surface area is 134 Å². The molecule has 0 atom stereocenters. The topological polar surface area (TPSA) is 38.7 Å². The van der Waals surface area contributed by atoms with Crippen molar-refractivity contribution in [2.24, 2.45) is 4.99 Å². The second kappa shape index (κ2) is 5.98. The van der Waals surface area contributed by atoms with Gasteiger partial charge in [-0.2, -0.15) is 0 Å². The van der Waals surface area contributed by atoms with Crippen molar-refractivity contribution in [3.8, 4) is 0 Å². The van der Waals surface area contributed by atoms with Crippen LogP contribution < -0.4 is 0 Å². The second-order valence-corrected chi connectivity index (χ2v) is 6.53. The molecule has 112 valence electrons. The molecular weight excluding hydrogens is 309 g/mol. The van der Waals surface area contributed by atoms with Crippen LogP contribution in [0.2, 0.25) is 10.0 Å². The Kier molecular flexibility index (Phi) is 4.23. The molecule has 2 fully saturated rings. The quantitative estimate of drug-likeness (QED) is 0.746. The molecular formula is C16H17Cl2NO2. The summed E-state index contributed by atoms with van der Waals surface area (Å²) in [5, 5.41) is 1.07. The number of esters is 1. The Balaban J connectivity index is 1.80. The summed E-state index contributed by atoms with van der Waals surface area (Å²) < 4.78 is 5.62. The summed E-state index contributed by atoms with van der Waals surface area (Å²) in [4.78, 5) is 16.4. The zero-order valence-corrected chi connectivity index (χ0v) is 13.2. The van der Waals surface area contributed by atoms with Gasteiger partial charge in [0, 0.05) is 0 Å². The number of rotatable bonds is 2. The van der Waals surface area contributed by atoms with Crippen molar-refractivity contribution >= 4 is 34.9 Å². The summed E-state index contributed by atoms with van der Waals surface area (Å²) in [6.45, 7) is 0.505. The van der Waals surface area contributed by atoms with Crippen LogP contribution in [0, 0.1) is 0 Å². The predicted molar refractivity (Wildman–Crippen MR) is 84.1 cm³/mol. The molecule has 1 aliphatic heterocycles. The van der Waals surface area contributed by atoms with Gasteiger partial charge < -0.3 is 4.74 Å². The lowest BCUT2D eigenvalue weighted by atomic mass is 9.81. The molecule has 0 amide bonds. The average Bonchev–Trinajstić information content (AvgIpc) is 2.76. The van der Waals surface area contributed by atoms with Crippen molar-refractivity contribution in [1.82, 2.24) is 0 Å². The van der Waals surface area contributed by atoms with Gasteiger partial charge in [-0.25, -0.2) is 0 Å². The van der Waals surface area contributed by atoms with Crippen LogP contribution in [0.5, 0.6) is 0 Å². The first kappa shape index (κ1) is 14.9. The molecule has 0 radical (unpaired) electrons. The third-order valence-electron chi connectivity index (χ3n) is 4.24. The SMILES string of the molecule is O=C1CC(=NCc2ccc(Cl)c(Cl)c2)C2(CCCCC2)O1. The minimum atomic E-state index is -0.425. The van der Waals surface area contributed by atoms with Gasteiger partial charge >= 0.3 is 5.97 Å². The number of halogens is 2. The van der Waals surface area contributed by atoms with Crippen LogP contribution in [0.1, 0.15) is 44.1 Å². The van der Waals surface area contributed by atoms with Crippen molar-refractivity contribution in [3.63, 3.8) is 0 Å². The monoisotopic (exact) mass is 325 g/mol. The fourth-order valence-electron chi connectivity index (χ4n) is 3.15. The lowest BCUT2D eigenvalue weighted by molar-refractivity contribution is -0.148. The summed E-state index contributed by atoms with van der Waals surface area (Å²) in [5.74, 6) is -0.148. The first-order valence-corrected chi connectivity index (χ1v) is 8.04. The third kappa shape index (κ3) is 3.09. The van der Waals surface area contributed by atoms with E-state index in [0.29, 0.717) is 23.0 Å². The fourth-order valence-corrected chi connectivity index (χ4v) is 3.47. The van der Waals surface area contributed by atoms with Gasteiger partial charge in [-0.3, -0.25) is 9.79 Å². The van der Waals surface area contributed by atoms with E-state index < -0.39 is 5.60 Å². The lowest BCUT2D eigenvalue weighted by Gasteiger charge is -2.32. The number of hydrogen-bond acceptors (Lipinski definition) is 3. The molecule has 1 saturated carbocycles. The first-order valence-electron chi connectivity index (χ1n) is 7.29. The van der Waals surface area contributed by atoms with Crippen molar-refractivity contribution in [2.45, 2.75) is 50.7 Å². The highest BCUT2D eigenvalue weighted by atomic mass is 35.5.